The molecule has 1 fully saturated rings. The number of amides is 1. The van der Waals surface area contributed by atoms with Gasteiger partial charge in [-0.25, -0.2) is 0 Å². The Morgan fingerprint density at radius 3 is 2.69 bits per heavy atom. The minimum atomic E-state index is -0.507. The first kappa shape index (κ1) is 17.6. The number of nitrogens with one attached hydrogen (secondary N) is 1. The summed E-state index contributed by atoms with van der Waals surface area (Å²) < 4.78 is 16.1. The van der Waals surface area contributed by atoms with Crippen LogP contribution in [0.15, 0.2) is 60.8 Å². The summed E-state index contributed by atoms with van der Waals surface area (Å²) >= 11 is 0. The second-order valence-electron chi connectivity index (χ2n) is 7.27. The van der Waals surface area contributed by atoms with Crippen molar-refractivity contribution < 1.29 is 19.0 Å². The molecule has 0 unspecified atom stereocenters. The third kappa shape index (κ3) is 3.16. The van der Waals surface area contributed by atoms with Crippen molar-refractivity contribution in [2.75, 3.05) is 19.2 Å². The Kier molecular flexibility index (Phi) is 4.12. The van der Waals surface area contributed by atoms with Gasteiger partial charge in [-0.3, -0.25) is 9.78 Å². The second kappa shape index (κ2) is 6.81. The van der Waals surface area contributed by atoms with Crippen LogP contribution in [0.2, 0.25) is 0 Å². The number of carbonyl (C=O) groups is 1. The Labute approximate surface area is 168 Å². The molecule has 146 valence electrons. The third-order valence-corrected chi connectivity index (χ3v) is 5.50. The smallest absolute Gasteiger partial charge is 0.235 e. The van der Waals surface area contributed by atoms with E-state index in [1.807, 2.05) is 54.6 Å². The largest absolute Gasteiger partial charge is 0.497 e. The van der Waals surface area contributed by atoms with Crippen LogP contribution in [0, 0.1) is 0 Å². The summed E-state index contributed by atoms with van der Waals surface area (Å²) in [6.45, 7) is 0.225. The normalized spacial score (nSPS) is 15.6. The number of methoxy groups -OCH3 is 1. The molecular formula is C23H20N2O4. The van der Waals surface area contributed by atoms with Crippen LogP contribution in [0.1, 0.15) is 18.4 Å². The molecule has 29 heavy (non-hydrogen) atoms. The Balaban J connectivity index is 1.33. The number of anilines is 1. The number of aromatic nitrogens is 1. The van der Waals surface area contributed by atoms with E-state index in [1.54, 1.807) is 13.3 Å². The van der Waals surface area contributed by atoms with E-state index in [-0.39, 0.29) is 12.7 Å². The molecule has 1 aromatic heterocycles. The van der Waals surface area contributed by atoms with Crippen molar-refractivity contribution in [3.63, 3.8) is 0 Å². The molecule has 3 aromatic rings. The number of pyridine rings is 1. The monoisotopic (exact) mass is 388 g/mol. The van der Waals surface area contributed by atoms with Gasteiger partial charge >= 0.3 is 0 Å². The van der Waals surface area contributed by atoms with E-state index in [4.69, 9.17) is 14.2 Å². The van der Waals surface area contributed by atoms with Crippen LogP contribution in [0.4, 0.5) is 5.69 Å². The summed E-state index contributed by atoms with van der Waals surface area (Å²) in [7, 11) is 1.64. The lowest BCUT2D eigenvalue weighted by atomic mass is 9.94. The van der Waals surface area contributed by atoms with Crippen molar-refractivity contribution >= 4 is 11.6 Å². The number of carbonyl (C=O) groups excluding carboxylic acids is 1. The van der Waals surface area contributed by atoms with Gasteiger partial charge in [-0.05, 0) is 54.8 Å². The summed E-state index contributed by atoms with van der Waals surface area (Å²) in [6, 6.07) is 17.2. The van der Waals surface area contributed by atoms with Crippen LogP contribution in [0.3, 0.4) is 0 Å². The van der Waals surface area contributed by atoms with E-state index in [0.29, 0.717) is 11.4 Å². The Morgan fingerprint density at radius 2 is 1.93 bits per heavy atom. The van der Waals surface area contributed by atoms with Crippen molar-refractivity contribution in [2.24, 2.45) is 0 Å². The molecule has 0 atom stereocenters. The highest BCUT2D eigenvalue weighted by molar-refractivity contribution is 6.01. The maximum Gasteiger partial charge on any atom is 0.235 e. The molecule has 2 aromatic carbocycles. The van der Waals surface area contributed by atoms with Crippen molar-refractivity contribution in [2.45, 2.75) is 18.3 Å². The summed E-state index contributed by atoms with van der Waals surface area (Å²) in [5.41, 5.74) is 2.90. The number of ether oxygens (including phenoxy) is 3. The van der Waals surface area contributed by atoms with E-state index < -0.39 is 5.41 Å². The van der Waals surface area contributed by atoms with Crippen molar-refractivity contribution in [1.29, 1.82) is 0 Å². The molecule has 0 spiro atoms. The standard InChI is InChI=1S/C23H20N2O4/c1-27-18-4-2-3-15(11-18)19-7-6-17(13-24-19)25-22(26)23(9-10-23)16-5-8-20-21(12-16)29-14-28-20/h2-8,11-13H,9-10,14H2,1H3,(H,25,26). The Morgan fingerprint density at radius 1 is 1.07 bits per heavy atom. The van der Waals surface area contributed by atoms with Crippen molar-refractivity contribution in [3.8, 4) is 28.5 Å². The van der Waals surface area contributed by atoms with Crippen molar-refractivity contribution in [3.05, 3.63) is 66.4 Å². The van der Waals surface area contributed by atoms with Gasteiger partial charge in [-0.15, -0.1) is 0 Å². The zero-order valence-corrected chi connectivity index (χ0v) is 16.0. The molecule has 1 aliphatic heterocycles. The lowest BCUT2D eigenvalue weighted by molar-refractivity contribution is -0.118. The van der Waals surface area contributed by atoms with E-state index in [2.05, 4.69) is 10.3 Å². The third-order valence-electron chi connectivity index (χ3n) is 5.50. The van der Waals surface area contributed by atoms with Crippen molar-refractivity contribution in [1.82, 2.24) is 4.98 Å². The summed E-state index contributed by atoms with van der Waals surface area (Å²) in [5.74, 6) is 2.18. The SMILES string of the molecule is COc1cccc(-c2ccc(NC(=O)C3(c4ccc5c(c4)OCO5)CC3)cn2)c1. The fraction of sp³-hybridized carbons (Fsp3) is 0.217. The zero-order valence-electron chi connectivity index (χ0n) is 16.0. The molecule has 6 nitrogen and oxygen atoms in total. The van der Waals surface area contributed by atoms with Crippen LogP contribution in [-0.2, 0) is 10.2 Å². The van der Waals surface area contributed by atoms with Gasteiger partial charge in [0.15, 0.2) is 11.5 Å². The highest BCUT2D eigenvalue weighted by atomic mass is 16.7. The predicted molar refractivity (Wildman–Crippen MR) is 108 cm³/mol. The Hall–Kier alpha value is -3.54. The Bertz CT molecular complexity index is 1070. The van der Waals surface area contributed by atoms with Crippen LogP contribution in [-0.4, -0.2) is 24.8 Å². The average molecular weight is 388 g/mol. The number of hydrogen-bond acceptors (Lipinski definition) is 5. The summed E-state index contributed by atoms with van der Waals surface area (Å²) in [4.78, 5) is 17.5. The molecule has 1 aliphatic carbocycles. The fourth-order valence-electron chi connectivity index (χ4n) is 3.64. The maximum atomic E-state index is 13.0. The first-order chi connectivity index (χ1) is 14.2. The lowest BCUT2D eigenvalue weighted by Gasteiger charge is -2.16. The number of rotatable bonds is 5. The summed E-state index contributed by atoms with van der Waals surface area (Å²) in [6.07, 6.45) is 3.31. The van der Waals surface area contributed by atoms with Gasteiger partial charge in [0.25, 0.3) is 0 Å². The molecule has 6 heteroatoms. The first-order valence-corrected chi connectivity index (χ1v) is 9.50. The topological polar surface area (TPSA) is 69.7 Å². The average Bonchev–Trinajstić information content (AvgIpc) is 3.45. The minimum Gasteiger partial charge on any atom is -0.497 e. The highest BCUT2D eigenvalue weighted by Crippen LogP contribution is 2.51. The highest BCUT2D eigenvalue weighted by Gasteiger charge is 2.51. The zero-order chi connectivity index (χ0) is 19.8. The first-order valence-electron chi connectivity index (χ1n) is 9.50. The summed E-state index contributed by atoms with van der Waals surface area (Å²) in [5, 5.41) is 3.01. The number of hydrogen-bond donors (Lipinski definition) is 1. The van der Waals surface area contributed by atoms with Crippen LogP contribution in [0.5, 0.6) is 17.2 Å². The molecule has 2 heterocycles. The quantitative estimate of drug-likeness (QED) is 0.711. The number of benzene rings is 2. The molecule has 1 saturated carbocycles. The fourth-order valence-corrected chi connectivity index (χ4v) is 3.64. The van der Waals surface area contributed by atoms with E-state index in [0.717, 1.165) is 41.2 Å². The number of fused-ring (bicyclic) bond motifs is 1. The van der Waals surface area contributed by atoms with Gasteiger partial charge < -0.3 is 19.5 Å². The van der Waals surface area contributed by atoms with Gasteiger partial charge in [0.2, 0.25) is 12.7 Å². The number of nitrogens with zero attached hydrogens (tertiary/aromatic N) is 1. The maximum absolute atomic E-state index is 13.0. The lowest BCUT2D eigenvalue weighted by Crippen LogP contribution is -2.27. The molecule has 0 saturated heterocycles. The van der Waals surface area contributed by atoms with Crippen LogP contribution >= 0.6 is 0 Å². The molecule has 1 N–H and O–H groups in total. The molecule has 0 bridgehead atoms. The van der Waals surface area contributed by atoms with Gasteiger partial charge in [0.05, 0.1) is 30.1 Å². The molecule has 5 rings (SSSR count). The second-order valence-corrected chi connectivity index (χ2v) is 7.27. The van der Waals surface area contributed by atoms with Gasteiger partial charge in [-0.1, -0.05) is 18.2 Å². The van der Waals surface area contributed by atoms with Gasteiger partial charge in [0.1, 0.15) is 5.75 Å². The van der Waals surface area contributed by atoms with E-state index in [1.165, 1.54) is 0 Å². The van der Waals surface area contributed by atoms with Crippen LogP contribution in [0.25, 0.3) is 11.3 Å². The minimum absolute atomic E-state index is 0.0210. The predicted octanol–water partition coefficient (Wildman–Crippen LogP) is 4.16. The molecule has 2 aliphatic rings. The molecule has 0 radical (unpaired) electrons. The van der Waals surface area contributed by atoms with E-state index in [9.17, 15) is 4.79 Å². The van der Waals surface area contributed by atoms with E-state index >= 15 is 0 Å². The van der Waals surface area contributed by atoms with Crippen LogP contribution < -0.4 is 19.5 Å². The molecule has 1 amide bonds. The van der Waals surface area contributed by atoms with Gasteiger partial charge in [-0.2, -0.15) is 0 Å². The molecular weight excluding hydrogens is 368 g/mol. The van der Waals surface area contributed by atoms with Gasteiger partial charge in [0, 0.05) is 5.56 Å².